The van der Waals surface area contributed by atoms with Crippen molar-refractivity contribution in [2.75, 3.05) is 26.8 Å². The molecule has 0 aromatic heterocycles. The van der Waals surface area contributed by atoms with E-state index in [-0.39, 0.29) is 44.6 Å². The van der Waals surface area contributed by atoms with Gasteiger partial charge in [-0.15, -0.1) is 0 Å². The number of guanidine groups is 1. The Labute approximate surface area is 518 Å². The van der Waals surface area contributed by atoms with Crippen LogP contribution in [0.2, 0.25) is 0 Å². The molecule has 0 aliphatic carbocycles. The van der Waals surface area contributed by atoms with Gasteiger partial charge in [-0.25, -0.2) is 4.79 Å². The first-order valence-corrected chi connectivity index (χ1v) is 30.1. The first kappa shape index (κ1) is 75.2. The Bertz CT molecular complexity index is 2670. The van der Waals surface area contributed by atoms with Crippen LogP contribution < -0.4 is 75.3 Å². The van der Waals surface area contributed by atoms with Crippen LogP contribution in [0.1, 0.15) is 120 Å². The van der Waals surface area contributed by atoms with E-state index in [1.54, 1.807) is 78.8 Å². The molecule has 89 heavy (non-hydrogen) atoms. The van der Waals surface area contributed by atoms with Crippen molar-refractivity contribution in [3.05, 3.63) is 35.9 Å². The van der Waals surface area contributed by atoms with Gasteiger partial charge in [0, 0.05) is 6.42 Å². The molecule has 0 radical (unpaired) electrons. The SMILES string of the molecule is CC[C@H](C)[C@H](NC(=O)[C@H](NC(=O)[C@@H](CCC(N)=O)NC(=O)[C@H](CO)NC(=O)[C@@H](NC(=O)[C@@H](Cc1ccccc1)NC)C(C)(O)CC)[C@@H](C)CC)C(=O)N[C@@H](CO)C(=O)N[C@H]1C(=O)N[C@@H](C)C(=O)N[C@@H](C[C@H]2CN=C(N)N2)C(=O)N[C@@H]([C@@H](C)CC)C(=O)O[C@H]1C. The molecule has 11 amide bonds. The van der Waals surface area contributed by atoms with Crippen molar-refractivity contribution in [3.63, 3.8) is 0 Å². The van der Waals surface area contributed by atoms with Crippen molar-refractivity contribution in [1.82, 2.24) is 63.8 Å². The summed E-state index contributed by atoms with van der Waals surface area (Å²) in [6, 6.07) is -7.97. The van der Waals surface area contributed by atoms with Gasteiger partial charge in [0.15, 0.2) is 5.96 Å². The third kappa shape index (κ3) is 22.5. The van der Waals surface area contributed by atoms with E-state index in [4.69, 9.17) is 16.2 Å². The number of ether oxygens (including phenoxy) is 1. The van der Waals surface area contributed by atoms with Crippen molar-refractivity contribution in [2.24, 2.45) is 34.2 Å². The third-order valence-electron chi connectivity index (χ3n) is 16.2. The zero-order chi connectivity index (χ0) is 67.0. The number of aliphatic hydroxyl groups excluding tert-OH is 2. The number of benzene rings is 1. The maximum absolute atomic E-state index is 14.4. The Morgan fingerprint density at radius 3 is 1.75 bits per heavy atom. The number of likely N-dealkylation sites (N-methyl/N-ethyl adjacent to an activating group) is 1. The Kier molecular flexibility index (Phi) is 30.3. The molecule has 3 rings (SSSR count). The molecule has 0 saturated carbocycles. The Morgan fingerprint density at radius 1 is 0.685 bits per heavy atom. The summed E-state index contributed by atoms with van der Waals surface area (Å²) >= 11 is 0. The largest absolute Gasteiger partial charge is 0.458 e. The van der Waals surface area contributed by atoms with Crippen molar-refractivity contribution < 1.29 is 77.6 Å². The highest BCUT2D eigenvalue weighted by Gasteiger charge is 2.43. The van der Waals surface area contributed by atoms with Crippen molar-refractivity contribution >= 4 is 76.9 Å². The van der Waals surface area contributed by atoms with Crippen LogP contribution in [0.25, 0.3) is 0 Å². The van der Waals surface area contributed by atoms with E-state index in [0.29, 0.717) is 6.42 Å². The minimum atomic E-state index is -1.89. The Hall–Kier alpha value is -8.03. The molecule has 2 aliphatic heterocycles. The second-order valence-corrected chi connectivity index (χ2v) is 23.1. The van der Waals surface area contributed by atoms with Crippen LogP contribution in [-0.2, 0) is 68.7 Å². The van der Waals surface area contributed by atoms with Crippen LogP contribution >= 0.6 is 0 Å². The van der Waals surface area contributed by atoms with Gasteiger partial charge in [0.1, 0.15) is 66.5 Å². The first-order valence-electron chi connectivity index (χ1n) is 30.1. The lowest BCUT2D eigenvalue weighted by Crippen LogP contribution is -2.64. The van der Waals surface area contributed by atoms with Gasteiger partial charge in [0.25, 0.3) is 0 Å². The van der Waals surface area contributed by atoms with Crippen LogP contribution in [0.5, 0.6) is 0 Å². The number of primary amides is 1. The summed E-state index contributed by atoms with van der Waals surface area (Å²) in [7, 11) is 1.54. The summed E-state index contributed by atoms with van der Waals surface area (Å²) in [6.07, 6.45) is -1.46. The van der Waals surface area contributed by atoms with E-state index < -0.39 is 199 Å². The molecule has 1 saturated heterocycles. The average molecular weight is 1260 g/mol. The van der Waals surface area contributed by atoms with Crippen LogP contribution in [-0.4, -0.2) is 203 Å². The average Bonchev–Trinajstić information content (AvgIpc) is 3.98. The molecular weight excluding hydrogens is 1160 g/mol. The molecule has 2 heterocycles. The van der Waals surface area contributed by atoms with Gasteiger partial charge < -0.3 is 95.3 Å². The van der Waals surface area contributed by atoms with Gasteiger partial charge in [0.05, 0.1) is 37.4 Å². The summed E-state index contributed by atoms with van der Waals surface area (Å²) in [5, 5.41) is 63.0. The number of aliphatic hydroxyl groups is 3. The van der Waals surface area contributed by atoms with Crippen LogP contribution in [0.15, 0.2) is 35.3 Å². The first-order chi connectivity index (χ1) is 41.9. The highest BCUT2D eigenvalue weighted by atomic mass is 16.5. The molecular formula is C58H95N15O16. The Morgan fingerprint density at radius 2 is 1.22 bits per heavy atom. The van der Waals surface area contributed by atoms with Crippen molar-refractivity contribution in [1.29, 1.82) is 0 Å². The summed E-state index contributed by atoms with van der Waals surface area (Å²) in [6.45, 7) is 13.5. The fourth-order valence-corrected chi connectivity index (χ4v) is 9.48. The van der Waals surface area contributed by atoms with Gasteiger partial charge in [-0.05, 0) is 76.8 Å². The molecule has 1 aromatic rings. The molecule has 31 heteroatoms. The van der Waals surface area contributed by atoms with Gasteiger partial charge in [-0.1, -0.05) is 98.1 Å². The lowest BCUT2D eigenvalue weighted by molar-refractivity contribution is -0.157. The zero-order valence-corrected chi connectivity index (χ0v) is 52.7. The summed E-state index contributed by atoms with van der Waals surface area (Å²) < 4.78 is 5.72. The Balaban J connectivity index is 1.86. The third-order valence-corrected chi connectivity index (χ3v) is 16.2. The predicted molar refractivity (Wildman–Crippen MR) is 323 cm³/mol. The number of nitrogens with two attached hydrogens (primary N) is 2. The van der Waals surface area contributed by atoms with Gasteiger partial charge in [-0.2, -0.15) is 0 Å². The topological polar surface area (TPSA) is 484 Å². The lowest BCUT2D eigenvalue weighted by Gasteiger charge is -2.34. The van der Waals surface area contributed by atoms with E-state index in [9.17, 15) is 72.9 Å². The highest BCUT2D eigenvalue weighted by molar-refractivity contribution is 6.00. The molecule has 17 atom stereocenters. The van der Waals surface area contributed by atoms with Gasteiger partial charge >= 0.3 is 5.97 Å². The van der Waals surface area contributed by atoms with Gasteiger partial charge in [-0.3, -0.25) is 57.7 Å². The summed E-state index contributed by atoms with van der Waals surface area (Å²) in [5.74, 6) is -13.3. The molecule has 19 N–H and O–H groups in total. The van der Waals surface area contributed by atoms with Crippen molar-refractivity contribution in [3.8, 4) is 0 Å². The number of nitrogens with one attached hydrogen (secondary N) is 12. The van der Waals surface area contributed by atoms with Crippen LogP contribution in [0, 0.1) is 17.8 Å². The number of esters is 1. The minimum absolute atomic E-state index is 0.0160. The fraction of sp³-hybridized carbons (Fsp3) is 0.672. The standard InChI is InChI=1S/C58H95N15O16/c1-12-28(5)41(52(83)67-39(27-75)51(82)72-44-32(9)89-56(87)43(30(7)14-3)71-49(80)37(24-34-25-62-57(60)64-34)66-46(77)31(8)63-54(44)85)70-53(84)42(29(6)13-2)69-47(78)35(21-22-40(59)76)65-50(81)38(26-74)68-55(86)45(58(10,88)15-4)73-48(79)36(61-11)23-33-19-17-16-18-20-33/h16-20,28-32,34-39,41-45,61,74-75,88H,12-15,21-27H2,1-11H3,(H2,59,76)(H,63,85)(H,65,81)(H,66,77)(H,67,83)(H,68,86)(H,69,78)(H,70,84)(H,71,80)(H,72,82)(H,73,79)(H3,60,62,64)/t28-,29-,30-,31-,32-,34-,35+,36+,37-,38-,39-,41-,42+,43-,44+,45+,58?/m0/s1. The van der Waals surface area contributed by atoms with E-state index >= 15 is 0 Å². The van der Waals surface area contributed by atoms with Crippen LogP contribution in [0.3, 0.4) is 0 Å². The summed E-state index contributed by atoms with van der Waals surface area (Å²) in [5.41, 5.74) is 10.1. The number of hydrogen-bond donors (Lipinski definition) is 17. The number of amides is 11. The zero-order valence-electron chi connectivity index (χ0n) is 52.7. The van der Waals surface area contributed by atoms with E-state index in [1.165, 1.54) is 27.8 Å². The quantitative estimate of drug-likeness (QED) is 0.0300. The molecule has 2 aliphatic rings. The number of aliphatic imine (C=N–C) groups is 1. The van der Waals surface area contributed by atoms with Gasteiger partial charge in [0.2, 0.25) is 65.0 Å². The number of hydrogen-bond acceptors (Lipinski definition) is 20. The monoisotopic (exact) mass is 1260 g/mol. The summed E-state index contributed by atoms with van der Waals surface area (Å²) in [4.78, 5) is 170. The molecule has 498 valence electrons. The molecule has 0 bridgehead atoms. The number of rotatable bonds is 32. The van der Waals surface area contributed by atoms with Crippen molar-refractivity contribution in [2.45, 2.75) is 205 Å². The molecule has 31 nitrogen and oxygen atoms in total. The molecule has 1 unspecified atom stereocenters. The second-order valence-electron chi connectivity index (χ2n) is 23.1. The number of carbonyl (C=O) groups excluding carboxylic acids is 12. The minimum Gasteiger partial charge on any atom is -0.458 e. The fourth-order valence-electron chi connectivity index (χ4n) is 9.48. The molecule has 0 spiro atoms. The smallest absolute Gasteiger partial charge is 0.329 e. The lowest BCUT2D eigenvalue weighted by atomic mass is 9.91. The highest BCUT2D eigenvalue weighted by Crippen LogP contribution is 2.19. The van der Waals surface area contributed by atoms with E-state index in [1.807, 2.05) is 0 Å². The normalized spacial score (nSPS) is 23.0. The molecule has 1 aromatic carbocycles. The predicted octanol–water partition coefficient (Wildman–Crippen LogP) is -5.14. The number of cyclic esters (lactones) is 1. The second kappa shape index (κ2) is 35.8. The van der Waals surface area contributed by atoms with Crippen LogP contribution in [0.4, 0.5) is 0 Å². The van der Waals surface area contributed by atoms with E-state index in [2.05, 4.69) is 68.8 Å². The number of carbonyl (C=O) groups is 12. The van der Waals surface area contributed by atoms with E-state index in [0.717, 1.165) is 5.56 Å². The number of nitrogens with zero attached hydrogens (tertiary/aromatic N) is 1. The molecule has 1 fully saturated rings. The maximum Gasteiger partial charge on any atom is 0.329 e. The maximum atomic E-state index is 14.4.